The van der Waals surface area contributed by atoms with Gasteiger partial charge in [0, 0.05) is 6.42 Å². The van der Waals surface area contributed by atoms with Gasteiger partial charge in [0.15, 0.2) is 0 Å². The zero-order valence-corrected chi connectivity index (χ0v) is 13.7. The highest BCUT2D eigenvalue weighted by Gasteiger charge is 2.27. The summed E-state index contributed by atoms with van der Waals surface area (Å²) >= 11 is 18.4. The Kier molecular flexibility index (Phi) is 4.57. The summed E-state index contributed by atoms with van der Waals surface area (Å²) in [4.78, 5) is 5.98. The SMILES string of the molecule is CN(C)C1(Cl)C=CC(N=c2ssc(Cl)c2Cl)=CC1. The van der Waals surface area contributed by atoms with Crippen molar-refractivity contribution in [2.75, 3.05) is 14.1 Å². The van der Waals surface area contributed by atoms with Crippen LogP contribution >= 0.6 is 55.5 Å². The molecule has 2 rings (SSSR count). The van der Waals surface area contributed by atoms with E-state index < -0.39 is 5.00 Å². The Morgan fingerprint density at radius 2 is 2.06 bits per heavy atom. The average molecular weight is 342 g/mol. The average Bonchev–Trinajstić information content (AvgIpc) is 2.64. The maximum Gasteiger partial charge on any atom is 0.147 e. The highest BCUT2D eigenvalue weighted by Crippen LogP contribution is 2.31. The molecule has 18 heavy (non-hydrogen) atoms. The van der Waals surface area contributed by atoms with Crippen molar-refractivity contribution in [1.29, 1.82) is 0 Å². The minimum absolute atomic E-state index is 0.460. The number of allylic oxidation sites excluding steroid dienone is 1. The van der Waals surface area contributed by atoms with Gasteiger partial charge in [-0.3, -0.25) is 4.90 Å². The van der Waals surface area contributed by atoms with E-state index >= 15 is 0 Å². The smallest absolute Gasteiger partial charge is 0.147 e. The Labute approximate surface area is 128 Å². The summed E-state index contributed by atoms with van der Waals surface area (Å²) in [6.45, 7) is 0. The van der Waals surface area contributed by atoms with Gasteiger partial charge in [-0.1, -0.05) is 61.6 Å². The lowest BCUT2D eigenvalue weighted by molar-refractivity contribution is 0.300. The predicted octanol–water partition coefficient (Wildman–Crippen LogP) is 4.36. The second-order valence-electron chi connectivity index (χ2n) is 4.05. The first kappa shape index (κ1) is 14.6. The van der Waals surface area contributed by atoms with Crippen LogP contribution < -0.4 is 4.67 Å². The number of hydrogen-bond acceptors (Lipinski definition) is 4. The standard InChI is InChI=1S/C11H11Cl3N2S2/c1-16(2)11(14)5-3-7(4-6-11)15-10-8(12)9(13)17-18-10/h3-5H,6H2,1-2H3. The maximum absolute atomic E-state index is 6.42. The van der Waals surface area contributed by atoms with Crippen molar-refractivity contribution >= 4 is 55.5 Å². The van der Waals surface area contributed by atoms with Gasteiger partial charge in [-0.2, -0.15) is 0 Å². The molecule has 1 heterocycles. The third kappa shape index (κ3) is 3.00. The topological polar surface area (TPSA) is 15.6 Å². The lowest BCUT2D eigenvalue weighted by Gasteiger charge is -2.31. The van der Waals surface area contributed by atoms with Crippen LogP contribution in [0.4, 0.5) is 0 Å². The molecule has 1 aromatic rings. The monoisotopic (exact) mass is 340 g/mol. The molecular weight excluding hydrogens is 331 g/mol. The number of hydrogen-bond donors (Lipinski definition) is 0. The van der Waals surface area contributed by atoms with Crippen molar-refractivity contribution in [2.24, 2.45) is 4.99 Å². The second-order valence-corrected chi connectivity index (χ2v) is 7.81. The molecule has 2 nitrogen and oxygen atoms in total. The van der Waals surface area contributed by atoms with Crippen molar-refractivity contribution in [1.82, 2.24) is 4.90 Å². The van der Waals surface area contributed by atoms with E-state index in [9.17, 15) is 0 Å². The summed E-state index contributed by atoms with van der Waals surface area (Å²) in [6.07, 6.45) is 6.56. The molecule has 7 heteroatoms. The van der Waals surface area contributed by atoms with Crippen LogP contribution in [0.25, 0.3) is 0 Å². The third-order valence-electron chi connectivity index (χ3n) is 2.64. The first-order valence-electron chi connectivity index (χ1n) is 5.17. The van der Waals surface area contributed by atoms with E-state index in [0.717, 1.165) is 10.4 Å². The molecule has 0 saturated carbocycles. The Hall–Kier alpha value is 0.160. The Morgan fingerprint density at radius 3 is 2.50 bits per heavy atom. The summed E-state index contributed by atoms with van der Waals surface area (Å²) < 4.78 is 1.33. The van der Waals surface area contributed by atoms with Gasteiger partial charge in [0.25, 0.3) is 0 Å². The number of alkyl halides is 1. The van der Waals surface area contributed by atoms with Gasteiger partial charge in [0.1, 0.15) is 19.0 Å². The fraction of sp³-hybridized carbons (Fsp3) is 0.364. The first-order valence-corrected chi connectivity index (χ1v) is 8.45. The van der Waals surface area contributed by atoms with Crippen molar-refractivity contribution < 1.29 is 0 Å². The minimum Gasteiger partial charge on any atom is -0.288 e. The zero-order chi connectivity index (χ0) is 13.3. The van der Waals surface area contributed by atoms with Crippen LogP contribution in [0.2, 0.25) is 9.36 Å². The lowest BCUT2D eigenvalue weighted by atomic mass is 10.1. The van der Waals surface area contributed by atoms with E-state index in [1.807, 2.05) is 37.2 Å². The van der Waals surface area contributed by atoms with Crippen LogP contribution in [-0.2, 0) is 0 Å². The van der Waals surface area contributed by atoms with Crippen LogP contribution in [0.5, 0.6) is 0 Å². The molecule has 0 aromatic carbocycles. The van der Waals surface area contributed by atoms with Gasteiger partial charge in [-0.15, -0.1) is 0 Å². The number of likely N-dealkylation sites (N-methyl/N-ethyl adjacent to an activating group) is 1. The highest BCUT2D eigenvalue weighted by atomic mass is 35.5. The maximum atomic E-state index is 6.42. The van der Waals surface area contributed by atoms with Crippen LogP contribution in [0.1, 0.15) is 6.42 Å². The zero-order valence-electron chi connectivity index (χ0n) is 9.78. The molecule has 98 valence electrons. The molecule has 0 saturated heterocycles. The predicted molar refractivity (Wildman–Crippen MR) is 81.9 cm³/mol. The van der Waals surface area contributed by atoms with Gasteiger partial charge in [-0.25, -0.2) is 4.99 Å². The second kappa shape index (κ2) is 5.65. The summed E-state index contributed by atoms with van der Waals surface area (Å²) in [7, 11) is 6.79. The van der Waals surface area contributed by atoms with Crippen LogP contribution in [0, 0.1) is 0 Å². The van der Waals surface area contributed by atoms with Crippen molar-refractivity contribution in [2.45, 2.75) is 11.4 Å². The molecule has 1 aliphatic rings. The summed E-state index contributed by atoms with van der Waals surface area (Å²) in [5.74, 6) is 0. The molecule has 0 N–H and O–H groups in total. The molecule has 0 fully saturated rings. The largest absolute Gasteiger partial charge is 0.288 e. The molecule has 1 aromatic heterocycles. The van der Waals surface area contributed by atoms with E-state index in [-0.39, 0.29) is 0 Å². The summed E-state index contributed by atoms with van der Waals surface area (Å²) in [5.41, 5.74) is 0.862. The first-order chi connectivity index (χ1) is 8.42. The Morgan fingerprint density at radius 1 is 1.33 bits per heavy atom. The fourth-order valence-electron chi connectivity index (χ4n) is 1.43. The van der Waals surface area contributed by atoms with Gasteiger partial charge in [0.2, 0.25) is 0 Å². The van der Waals surface area contributed by atoms with Gasteiger partial charge < -0.3 is 0 Å². The highest BCUT2D eigenvalue weighted by molar-refractivity contribution is 7.69. The Balaban J connectivity index is 2.25. The molecular formula is C11H11Cl3N2S2. The Bertz CT molecular complexity index is 571. The lowest BCUT2D eigenvalue weighted by Crippen LogP contribution is -2.37. The van der Waals surface area contributed by atoms with Crippen LogP contribution in [-0.4, -0.2) is 24.0 Å². The molecule has 0 aliphatic heterocycles. The molecule has 0 bridgehead atoms. The molecule has 0 radical (unpaired) electrons. The number of nitrogens with zero attached hydrogens (tertiary/aromatic N) is 2. The molecule has 1 atom stereocenters. The van der Waals surface area contributed by atoms with Crippen LogP contribution in [0.15, 0.2) is 28.9 Å². The van der Waals surface area contributed by atoms with E-state index in [1.165, 1.54) is 20.7 Å². The normalized spacial score (nSPS) is 24.8. The minimum atomic E-state index is -0.460. The molecule has 0 spiro atoms. The third-order valence-corrected chi connectivity index (χ3v) is 6.75. The van der Waals surface area contributed by atoms with Crippen LogP contribution in [0.3, 0.4) is 0 Å². The summed E-state index contributed by atoms with van der Waals surface area (Å²) in [6, 6.07) is 0. The quantitative estimate of drug-likeness (QED) is 0.443. The van der Waals surface area contributed by atoms with Gasteiger partial charge >= 0.3 is 0 Å². The van der Waals surface area contributed by atoms with Crippen molar-refractivity contribution in [3.8, 4) is 0 Å². The number of rotatable bonds is 2. The van der Waals surface area contributed by atoms with E-state index in [0.29, 0.717) is 15.8 Å². The summed E-state index contributed by atoms with van der Waals surface area (Å²) in [5, 5.41) is 0.524. The van der Waals surface area contributed by atoms with Gasteiger partial charge in [0.05, 0.1) is 5.70 Å². The molecule has 1 aliphatic carbocycles. The van der Waals surface area contributed by atoms with E-state index in [4.69, 9.17) is 34.8 Å². The molecule has 0 amide bonds. The van der Waals surface area contributed by atoms with E-state index in [1.54, 1.807) is 0 Å². The van der Waals surface area contributed by atoms with Crippen molar-refractivity contribution in [3.05, 3.63) is 38.0 Å². The fourth-order valence-corrected chi connectivity index (χ4v) is 4.32. The number of halogens is 3. The van der Waals surface area contributed by atoms with E-state index in [2.05, 4.69) is 4.99 Å². The van der Waals surface area contributed by atoms with Gasteiger partial charge in [-0.05, 0) is 26.2 Å². The molecule has 1 unspecified atom stereocenters. The van der Waals surface area contributed by atoms with Crippen molar-refractivity contribution in [3.63, 3.8) is 0 Å².